The summed E-state index contributed by atoms with van der Waals surface area (Å²) in [6.07, 6.45) is 4.37. The highest BCUT2D eigenvalue weighted by Crippen LogP contribution is 2.37. The molecule has 9 heteroatoms. The normalized spacial score (nSPS) is 13.6. The van der Waals surface area contributed by atoms with Gasteiger partial charge in [-0.15, -0.1) is 11.3 Å². The number of aryl methyl sites for hydroxylation is 2. The highest BCUT2D eigenvalue weighted by atomic mass is 32.1. The second kappa shape index (κ2) is 12.0. The molecule has 2 aromatic rings. The Morgan fingerprint density at radius 3 is 2.31 bits per heavy atom. The number of hydrogen-bond acceptors (Lipinski definition) is 6. The largest absolute Gasteiger partial charge is 0.497 e. The standard InChI is InChI=1S/C23H34NO6PS/c1-23(24,12-13-31(26,27)28)11-10-20-8-9-22(32-20)21(25)7-5-4-6-17-14-18(29-2)16-19(15-17)30-3/h8-9,14-16H,4-7,10-13,24H2,1-3H3,(H2,26,27,28). The minimum absolute atomic E-state index is 0.140. The van der Waals surface area contributed by atoms with E-state index in [9.17, 15) is 9.36 Å². The summed E-state index contributed by atoms with van der Waals surface area (Å²) in [6, 6.07) is 9.62. The quantitative estimate of drug-likeness (QED) is 0.204. The van der Waals surface area contributed by atoms with Crippen LogP contribution in [0.25, 0.3) is 0 Å². The minimum atomic E-state index is -4.04. The number of unbranched alkanes of at least 4 members (excludes halogenated alkanes) is 1. The van der Waals surface area contributed by atoms with Crippen molar-refractivity contribution in [1.82, 2.24) is 0 Å². The van der Waals surface area contributed by atoms with Crippen LogP contribution in [0.5, 0.6) is 11.5 Å². The average Bonchev–Trinajstić information content (AvgIpc) is 3.22. The number of ether oxygens (including phenoxy) is 2. The van der Waals surface area contributed by atoms with Gasteiger partial charge in [-0.25, -0.2) is 0 Å². The van der Waals surface area contributed by atoms with Crippen molar-refractivity contribution in [2.24, 2.45) is 5.73 Å². The van der Waals surface area contributed by atoms with Crippen LogP contribution in [0, 0.1) is 0 Å². The first-order chi connectivity index (χ1) is 15.0. The van der Waals surface area contributed by atoms with E-state index in [1.807, 2.05) is 30.3 Å². The topological polar surface area (TPSA) is 119 Å². The molecule has 4 N–H and O–H groups in total. The Morgan fingerprint density at radius 2 is 1.72 bits per heavy atom. The van der Waals surface area contributed by atoms with Crippen molar-refractivity contribution >= 4 is 24.7 Å². The summed E-state index contributed by atoms with van der Waals surface area (Å²) in [7, 11) is -0.787. The molecule has 0 radical (unpaired) electrons. The van der Waals surface area contributed by atoms with E-state index in [1.54, 1.807) is 21.1 Å². The molecule has 1 unspecified atom stereocenters. The van der Waals surface area contributed by atoms with Crippen LogP contribution in [0.3, 0.4) is 0 Å². The maximum atomic E-state index is 12.5. The smallest absolute Gasteiger partial charge is 0.325 e. The van der Waals surface area contributed by atoms with Gasteiger partial charge in [-0.05, 0) is 75.3 Å². The molecule has 1 aromatic heterocycles. The van der Waals surface area contributed by atoms with E-state index >= 15 is 0 Å². The van der Waals surface area contributed by atoms with Crippen LogP contribution < -0.4 is 15.2 Å². The zero-order valence-electron chi connectivity index (χ0n) is 19.0. The van der Waals surface area contributed by atoms with Gasteiger partial charge in [0.05, 0.1) is 25.3 Å². The van der Waals surface area contributed by atoms with Crippen LogP contribution in [0.1, 0.15) is 59.1 Å². The molecular formula is C23H34NO6PS. The summed E-state index contributed by atoms with van der Waals surface area (Å²) >= 11 is 1.48. The van der Waals surface area contributed by atoms with Crippen molar-refractivity contribution in [3.8, 4) is 11.5 Å². The lowest BCUT2D eigenvalue weighted by Gasteiger charge is -2.24. The molecule has 0 fully saturated rings. The van der Waals surface area contributed by atoms with Gasteiger partial charge in [0.2, 0.25) is 0 Å². The molecule has 0 aliphatic heterocycles. The molecule has 1 heterocycles. The number of hydrogen-bond donors (Lipinski definition) is 3. The Morgan fingerprint density at radius 1 is 1.06 bits per heavy atom. The summed E-state index contributed by atoms with van der Waals surface area (Å²) in [6.45, 7) is 1.81. The molecule has 0 aliphatic rings. The molecule has 0 amide bonds. The third-order valence-electron chi connectivity index (χ3n) is 5.38. The van der Waals surface area contributed by atoms with Gasteiger partial charge in [0.25, 0.3) is 0 Å². The van der Waals surface area contributed by atoms with E-state index in [-0.39, 0.29) is 18.4 Å². The van der Waals surface area contributed by atoms with E-state index in [2.05, 4.69) is 0 Å². The van der Waals surface area contributed by atoms with Crippen LogP contribution in [-0.4, -0.2) is 41.5 Å². The summed E-state index contributed by atoms with van der Waals surface area (Å²) in [5, 5.41) is 0. The fraction of sp³-hybridized carbons (Fsp3) is 0.522. The highest BCUT2D eigenvalue weighted by molar-refractivity contribution is 7.51. The van der Waals surface area contributed by atoms with Gasteiger partial charge < -0.3 is 25.0 Å². The van der Waals surface area contributed by atoms with Crippen molar-refractivity contribution < 1.29 is 28.6 Å². The fourth-order valence-corrected chi connectivity index (χ4v) is 5.12. The van der Waals surface area contributed by atoms with Crippen LogP contribution in [0.4, 0.5) is 0 Å². The molecule has 0 saturated heterocycles. The summed E-state index contributed by atoms with van der Waals surface area (Å²) < 4.78 is 21.7. The second-order valence-corrected chi connectivity index (χ2v) is 11.4. The SMILES string of the molecule is COc1cc(CCCCC(=O)c2ccc(CCC(C)(N)CCP(=O)(O)O)s2)cc(OC)c1. The zero-order valence-corrected chi connectivity index (χ0v) is 20.7. The van der Waals surface area contributed by atoms with E-state index in [1.165, 1.54) is 11.3 Å². The van der Waals surface area contributed by atoms with Crippen molar-refractivity contribution in [1.29, 1.82) is 0 Å². The van der Waals surface area contributed by atoms with Gasteiger partial charge in [-0.2, -0.15) is 0 Å². The van der Waals surface area contributed by atoms with Crippen LogP contribution in [-0.2, 0) is 17.4 Å². The summed E-state index contributed by atoms with van der Waals surface area (Å²) in [5.74, 6) is 1.66. The molecule has 178 valence electrons. The Kier molecular flexibility index (Phi) is 9.92. The van der Waals surface area contributed by atoms with Crippen LogP contribution in [0.2, 0.25) is 0 Å². The number of thiophene rings is 1. The van der Waals surface area contributed by atoms with E-state index in [4.69, 9.17) is 25.0 Å². The molecule has 1 aromatic carbocycles. The second-order valence-electron chi connectivity index (χ2n) is 8.41. The van der Waals surface area contributed by atoms with Gasteiger partial charge in [0.15, 0.2) is 5.78 Å². The van der Waals surface area contributed by atoms with Crippen molar-refractivity contribution in [3.63, 3.8) is 0 Å². The van der Waals surface area contributed by atoms with Gasteiger partial charge in [0.1, 0.15) is 11.5 Å². The number of carbonyl (C=O) groups is 1. The number of rotatable bonds is 14. The molecule has 1 atom stereocenters. The molecule has 0 aliphatic carbocycles. The number of methoxy groups -OCH3 is 2. The zero-order chi connectivity index (χ0) is 23.8. The van der Waals surface area contributed by atoms with E-state index in [0.717, 1.165) is 46.1 Å². The Hall–Kier alpha value is -1.70. The first-order valence-electron chi connectivity index (χ1n) is 10.7. The van der Waals surface area contributed by atoms with Gasteiger partial charge in [-0.3, -0.25) is 9.36 Å². The lowest BCUT2D eigenvalue weighted by atomic mass is 9.94. The molecular weight excluding hydrogens is 449 g/mol. The number of ketones is 1. The number of nitrogens with two attached hydrogens (primary N) is 1. The maximum Gasteiger partial charge on any atom is 0.325 e. The predicted molar refractivity (Wildman–Crippen MR) is 128 cm³/mol. The lowest BCUT2D eigenvalue weighted by Crippen LogP contribution is -2.37. The van der Waals surface area contributed by atoms with E-state index in [0.29, 0.717) is 19.3 Å². The Balaban J connectivity index is 1.77. The minimum Gasteiger partial charge on any atom is -0.497 e. The monoisotopic (exact) mass is 483 g/mol. The average molecular weight is 484 g/mol. The van der Waals surface area contributed by atoms with Gasteiger partial charge in [0, 0.05) is 22.9 Å². The van der Waals surface area contributed by atoms with Crippen molar-refractivity contribution in [3.05, 3.63) is 45.6 Å². The number of benzene rings is 1. The van der Waals surface area contributed by atoms with Crippen molar-refractivity contribution in [2.45, 2.75) is 57.4 Å². The van der Waals surface area contributed by atoms with Crippen LogP contribution in [0.15, 0.2) is 30.3 Å². The summed E-state index contributed by atoms with van der Waals surface area (Å²) in [5.41, 5.74) is 6.65. The maximum absolute atomic E-state index is 12.5. The van der Waals surface area contributed by atoms with Gasteiger partial charge in [-0.1, -0.05) is 0 Å². The molecule has 0 spiro atoms. The highest BCUT2D eigenvalue weighted by Gasteiger charge is 2.24. The predicted octanol–water partition coefficient (Wildman–Crippen LogP) is 4.58. The molecule has 0 saturated carbocycles. The Labute approximate surface area is 194 Å². The third kappa shape index (κ3) is 9.43. The number of Topliss-reactive ketones (excluding diaryl/α,β-unsaturated/α-hetero) is 1. The fourth-order valence-electron chi connectivity index (χ4n) is 3.35. The molecule has 32 heavy (non-hydrogen) atoms. The van der Waals surface area contributed by atoms with Gasteiger partial charge >= 0.3 is 7.60 Å². The molecule has 7 nitrogen and oxygen atoms in total. The molecule has 2 rings (SSSR count). The summed E-state index contributed by atoms with van der Waals surface area (Å²) in [4.78, 5) is 32.4. The third-order valence-corrected chi connectivity index (χ3v) is 7.38. The lowest BCUT2D eigenvalue weighted by molar-refractivity contribution is 0.0983. The first kappa shape index (κ1) is 26.6. The van der Waals surface area contributed by atoms with Crippen LogP contribution >= 0.6 is 18.9 Å². The first-order valence-corrected chi connectivity index (χ1v) is 13.3. The Bertz CT molecular complexity index is 914. The molecule has 0 bridgehead atoms. The van der Waals surface area contributed by atoms with E-state index < -0.39 is 13.1 Å². The number of carbonyl (C=O) groups excluding carboxylic acids is 1. The van der Waals surface area contributed by atoms with Crippen molar-refractivity contribution in [2.75, 3.05) is 20.4 Å².